The maximum absolute atomic E-state index is 15.1. The van der Waals surface area contributed by atoms with Gasteiger partial charge in [0.05, 0.1) is 0 Å². The van der Waals surface area contributed by atoms with Crippen LogP contribution in [0.2, 0.25) is 0 Å². The van der Waals surface area contributed by atoms with E-state index in [1.54, 1.807) is 18.5 Å². The number of aromatic nitrogens is 1. The fourth-order valence-electron chi connectivity index (χ4n) is 4.77. The normalized spacial score (nSPS) is 18.7. The Morgan fingerprint density at radius 3 is 2.73 bits per heavy atom. The summed E-state index contributed by atoms with van der Waals surface area (Å²) in [5.41, 5.74) is 2.74. The number of allylic oxidation sites excluding steroid dienone is 1. The zero-order chi connectivity index (χ0) is 21.3. The lowest BCUT2D eigenvalue weighted by Gasteiger charge is -2.32. The smallest absolute Gasteiger partial charge is 0.247 e. The fourth-order valence-corrected chi connectivity index (χ4v) is 4.77. The van der Waals surface area contributed by atoms with Crippen molar-refractivity contribution in [2.45, 2.75) is 63.5 Å². The highest BCUT2D eigenvalue weighted by Gasteiger charge is 2.32. The predicted octanol–water partition coefficient (Wildman–Crippen LogP) is 5.15. The summed E-state index contributed by atoms with van der Waals surface area (Å²) >= 11 is 0. The number of amides is 1. The molecule has 2 aliphatic rings. The number of anilines is 1. The van der Waals surface area contributed by atoms with Crippen molar-refractivity contribution >= 4 is 17.7 Å². The van der Waals surface area contributed by atoms with E-state index >= 15 is 4.39 Å². The van der Waals surface area contributed by atoms with Gasteiger partial charge < -0.3 is 10.2 Å². The maximum Gasteiger partial charge on any atom is 0.247 e. The summed E-state index contributed by atoms with van der Waals surface area (Å²) in [7, 11) is 1.85. The Labute approximate surface area is 178 Å². The molecule has 1 heterocycles. The highest BCUT2D eigenvalue weighted by molar-refractivity contribution is 5.87. The van der Waals surface area contributed by atoms with Crippen LogP contribution in [0, 0.1) is 5.82 Å². The van der Waals surface area contributed by atoms with Gasteiger partial charge in [-0.1, -0.05) is 51.3 Å². The minimum absolute atomic E-state index is 0.0609. The molecule has 0 radical (unpaired) electrons. The Morgan fingerprint density at radius 1 is 1.27 bits per heavy atom. The topological polar surface area (TPSA) is 45.2 Å². The molecule has 2 aromatic rings. The number of carbonyl (C=O) groups is 1. The summed E-state index contributed by atoms with van der Waals surface area (Å²) in [6, 6.07) is 6.89. The molecule has 1 fully saturated rings. The van der Waals surface area contributed by atoms with Crippen molar-refractivity contribution in [2.75, 3.05) is 11.9 Å². The van der Waals surface area contributed by atoms with Crippen molar-refractivity contribution in [3.05, 3.63) is 65.2 Å². The molecule has 0 bridgehead atoms. The average Bonchev–Trinajstić information content (AvgIpc) is 3.04. The molecule has 158 valence electrons. The lowest BCUT2D eigenvalue weighted by molar-refractivity contribution is -0.123. The van der Waals surface area contributed by atoms with Gasteiger partial charge in [-0.3, -0.25) is 9.78 Å². The first-order valence-corrected chi connectivity index (χ1v) is 10.8. The van der Waals surface area contributed by atoms with Gasteiger partial charge in [0, 0.05) is 47.7 Å². The molecule has 0 aliphatic heterocycles. The first-order valence-electron chi connectivity index (χ1n) is 10.8. The molecule has 0 saturated heterocycles. The number of nitrogens with zero attached hydrogens (tertiary/aromatic N) is 2. The SMILES string of the molecule is CN(c1cc(F)c2c(c1)C=CC2(C)C)C(C(=O)NC1CCCCC1)c1cccnc1. The Balaban J connectivity index is 1.66. The van der Waals surface area contributed by atoms with Gasteiger partial charge in [-0.25, -0.2) is 4.39 Å². The van der Waals surface area contributed by atoms with E-state index in [1.807, 2.05) is 56.1 Å². The van der Waals surface area contributed by atoms with Crippen LogP contribution in [0.3, 0.4) is 0 Å². The lowest BCUT2D eigenvalue weighted by Crippen LogP contribution is -2.44. The summed E-state index contributed by atoms with van der Waals surface area (Å²) in [4.78, 5) is 19.4. The number of halogens is 1. The van der Waals surface area contributed by atoms with Crippen LogP contribution in [0.25, 0.3) is 6.08 Å². The van der Waals surface area contributed by atoms with Crippen LogP contribution in [0.15, 0.2) is 42.7 Å². The van der Waals surface area contributed by atoms with E-state index in [-0.39, 0.29) is 23.2 Å². The molecule has 30 heavy (non-hydrogen) atoms. The lowest BCUT2D eigenvalue weighted by atomic mass is 9.86. The quantitative estimate of drug-likeness (QED) is 0.745. The summed E-state index contributed by atoms with van der Waals surface area (Å²) in [6.45, 7) is 4.02. The van der Waals surface area contributed by atoms with E-state index in [0.29, 0.717) is 11.3 Å². The molecular formula is C25H30FN3O. The van der Waals surface area contributed by atoms with Gasteiger partial charge >= 0.3 is 0 Å². The number of likely N-dealkylation sites (N-methyl/N-ethyl adjacent to an activating group) is 1. The number of benzene rings is 1. The molecule has 1 aromatic carbocycles. The third-order valence-corrected chi connectivity index (χ3v) is 6.42. The number of hydrogen-bond acceptors (Lipinski definition) is 3. The summed E-state index contributed by atoms with van der Waals surface area (Å²) < 4.78 is 15.1. The Kier molecular flexibility index (Phi) is 5.63. The molecule has 1 amide bonds. The number of hydrogen-bond donors (Lipinski definition) is 1. The third kappa shape index (κ3) is 3.98. The zero-order valence-electron chi connectivity index (χ0n) is 18.0. The first-order chi connectivity index (χ1) is 14.4. The second-order valence-corrected chi connectivity index (χ2v) is 9.09. The number of fused-ring (bicyclic) bond motifs is 1. The van der Waals surface area contributed by atoms with Crippen molar-refractivity contribution in [1.82, 2.24) is 10.3 Å². The molecule has 0 spiro atoms. The monoisotopic (exact) mass is 407 g/mol. The predicted molar refractivity (Wildman–Crippen MR) is 119 cm³/mol. The molecule has 1 N–H and O–H groups in total. The Morgan fingerprint density at radius 2 is 2.03 bits per heavy atom. The molecule has 1 saturated carbocycles. The number of carbonyl (C=O) groups excluding carboxylic acids is 1. The number of pyridine rings is 1. The molecule has 1 atom stereocenters. The van der Waals surface area contributed by atoms with Gasteiger partial charge in [0.15, 0.2) is 0 Å². The molecule has 1 unspecified atom stereocenters. The second-order valence-electron chi connectivity index (χ2n) is 9.09. The van der Waals surface area contributed by atoms with Gasteiger partial charge in [0.1, 0.15) is 11.9 Å². The van der Waals surface area contributed by atoms with Gasteiger partial charge in [-0.05, 0) is 36.6 Å². The zero-order valence-corrected chi connectivity index (χ0v) is 18.0. The largest absolute Gasteiger partial charge is 0.359 e. The van der Waals surface area contributed by atoms with Crippen LogP contribution >= 0.6 is 0 Å². The molecule has 2 aliphatic carbocycles. The number of nitrogens with one attached hydrogen (secondary N) is 1. The summed E-state index contributed by atoms with van der Waals surface area (Å²) in [5, 5.41) is 3.23. The van der Waals surface area contributed by atoms with Crippen molar-refractivity contribution in [3.8, 4) is 0 Å². The van der Waals surface area contributed by atoms with Crippen LogP contribution in [0.5, 0.6) is 0 Å². The molecule has 5 heteroatoms. The second kappa shape index (κ2) is 8.21. The molecule has 1 aromatic heterocycles. The van der Waals surface area contributed by atoms with Crippen molar-refractivity contribution in [3.63, 3.8) is 0 Å². The average molecular weight is 408 g/mol. The van der Waals surface area contributed by atoms with Crippen LogP contribution in [-0.2, 0) is 10.2 Å². The van der Waals surface area contributed by atoms with E-state index in [0.717, 1.165) is 36.8 Å². The van der Waals surface area contributed by atoms with Crippen molar-refractivity contribution < 1.29 is 9.18 Å². The summed E-state index contributed by atoms with van der Waals surface area (Å²) in [5.74, 6) is -0.295. The highest BCUT2D eigenvalue weighted by atomic mass is 19.1. The van der Waals surface area contributed by atoms with Crippen LogP contribution < -0.4 is 10.2 Å². The van der Waals surface area contributed by atoms with E-state index in [4.69, 9.17) is 0 Å². The standard InChI is InChI=1S/C25H30FN3O/c1-25(2)12-11-17-14-20(15-21(26)22(17)25)29(3)23(18-8-7-13-27-16-18)24(30)28-19-9-5-4-6-10-19/h7-8,11-16,19,23H,4-6,9-10H2,1-3H3,(H,28,30). The minimum Gasteiger partial charge on any atom is -0.359 e. The molecular weight excluding hydrogens is 377 g/mol. The number of rotatable bonds is 5. The molecule has 4 nitrogen and oxygen atoms in total. The van der Waals surface area contributed by atoms with E-state index in [9.17, 15) is 4.79 Å². The van der Waals surface area contributed by atoms with Crippen molar-refractivity contribution in [2.24, 2.45) is 0 Å². The van der Waals surface area contributed by atoms with Gasteiger partial charge in [0.25, 0.3) is 0 Å². The van der Waals surface area contributed by atoms with Gasteiger partial charge in [0.2, 0.25) is 5.91 Å². The van der Waals surface area contributed by atoms with E-state index < -0.39 is 6.04 Å². The third-order valence-electron chi connectivity index (χ3n) is 6.42. The Hall–Kier alpha value is -2.69. The fraction of sp³-hybridized carbons (Fsp3) is 0.440. The highest BCUT2D eigenvalue weighted by Crippen LogP contribution is 2.40. The minimum atomic E-state index is -0.573. The van der Waals surface area contributed by atoms with Crippen LogP contribution in [-0.4, -0.2) is 24.0 Å². The first kappa shape index (κ1) is 20.6. The maximum atomic E-state index is 15.1. The van der Waals surface area contributed by atoms with E-state index in [1.165, 1.54) is 6.42 Å². The molecule has 4 rings (SSSR count). The van der Waals surface area contributed by atoms with Crippen LogP contribution in [0.1, 0.15) is 68.7 Å². The van der Waals surface area contributed by atoms with Gasteiger partial charge in [-0.2, -0.15) is 0 Å². The van der Waals surface area contributed by atoms with Crippen molar-refractivity contribution in [1.29, 1.82) is 0 Å². The van der Waals surface area contributed by atoms with Crippen LogP contribution in [0.4, 0.5) is 10.1 Å². The van der Waals surface area contributed by atoms with E-state index in [2.05, 4.69) is 10.3 Å². The summed E-state index contributed by atoms with van der Waals surface area (Å²) in [6.07, 6.45) is 13.0. The Bertz CT molecular complexity index is 948. The van der Waals surface area contributed by atoms with Gasteiger partial charge in [-0.15, -0.1) is 0 Å².